The number of carboxylic acid groups (broad SMARTS) is 1. The van der Waals surface area contributed by atoms with E-state index in [1.807, 2.05) is 17.8 Å². The number of hydrogen-bond donors (Lipinski definition) is 1. The van der Waals surface area contributed by atoms with Gasteiger partial charge >= 0.3 is 5.97 Å². The van der Waals surface area contributed by atoms with Gasteiger partial charge in [0.15, 0.2) is 0 Å². The molecule has 0 saturated carbocycles. The number of likely N-dealkylation sites (tertiary alicyclic amines) is 1. The molecule has 0 spiro atoms. The lowest BCUT2D eigenvalue weighted by molar-refractivity contribution is -0.150. The number of aromatic nitrogens is 3. The first-order valence-electron chi connectivity index (χ1n) is 8.67. The van der Waals surface area contributed by atoms with Crippen LogP contribution in [0.2, 0.25) is 0 Å². The molecule has 0 aliphatic carbocycles. The highest BCUT2D eigenvalue weighted by atomic mass is 19.1. The van der Waals surface area contributed by atoms with Crippen LogP contribution in [0, 0.1) is 5.82 Å². The Balaban J connectivity index is 1.54. The van der Waals surface area contributed by atoms with Crippen molar-refractivity contribution in [1.82, 2.24) is 19.0 Å². The second-order valence-corrected chi connectivity index (χ2v) is 7.01. The van der Waals surface area contributed by atoms with E-state index < -0.39 is 11.5 Å². The number of aliphatic carboxylic acids is 1. The molecule has 136 valence electrons. The third kappa shape index (κ3) is 2.68. The predicted molar refractivity (Wildman–Crippen MR) is 95.2 cm³/mol. The van der Waals surface area contributed by atoms with Gasteiger partial charge in [0.05, 0.1) is 6.33 Å². The number of benzene rings is 1. The first-order valence-corrected chi connectivity index (χ1v) is 8.67. The van der Waals surface area contributed by atoms with Gasteiger partial charge in [0.25, 0.3) is 0 Å². The average molecular weight is 356 g/mol. The fraction of sp³-hybridized carbons (Fsp3) is 0.368. The van der Waals surface area contributed by atoms with Crippen LogP contribution < -0.4 is 0 Å². The molecule has 0 unspecified atom stereocenters. The molecule has 0 atom stereocenters. The molecule has 1 fully saturated rings. The van der Waals surface area contributed by atoms with Crippen molar-refractivity contribution in [3.63, 3.8) is 0 Å². The fourth-order valence-corrected chi connectivity index (χ4v) is 3.99. The molecule has 3 heterocycles. The first-order chi connectivity index (χ1) is 12.5. The zero-order valence-corrected chi connectivity index (χ0v) is 14.6. The van der Waals surface area contributed by atoms with Crippen LogP contribution in [-0.4, -0.2) is 43.2 Å². The highest BCUT2D eigenvalue weighted by Crippen LogP contribution is 2.32. The number of aryl methyl sites for hydroxylation is 1. The number of piperidine rings is 1. The molecule has 1 saturated heterocycles. The number of nitrogens with zero attached hydrogens (tertiary/aromatic N) is 4. The molecule has 4 rings (SSSR count). The zero-order valence-electron chi connectivity index (χ0n) is 14.6. The highest BCUT2D eigenvalue weighted by Gasteiger charge is 2.43. The Bertz CT molecular complexity index is 940. The Morgan fingerprint density at radius 2 is 2.12 bits per heavy atom. The summed E-state index contributed by atoms with van der Waals surface area (Å²) >= 11 is 0. The Hall–Kier alpha value is -2.67. The number of halogens is 1. The van der Waals surface area contributed by atoms with Crippen LogP contribution in [0.4, 0.5) is 4.39 Å². The van der Waals surface area contributed by atoms with Crippen LogP contribution >= 0.6 is 0 Å². The Morgan fingerprint density at radius 1 is 1.35 bits per heavy atom. The second-order valence-electron chi connectivity index (χ2n) is 7.01. The highest BCUT2D eigenvalue weighted by molar-refractivity contribution is 5.84. The van der Waals surface area contributed by atoms with E-state index >= 15 is 0 Å². The monoisotopic (exact) mass is 356 g/mol. The molecule has 1 aliphatic heterocycles. The summed E-state index contributed by atoms with van der Waals surface area (Å²) in [4.78, 5) is 18.2. The molecule has 3 aromatic rings. The lowest BCUT2D eigenvalue weighted by Crippen LogP contribution is -2.50. The van der Waals surface area contributed by atoms with Gasteiger partial charge < -0.3 is 14.2 Å². The van der Waals surface area contributed by atoms with Gasteiger partial charge in [0.1, 0.15) is 11.4 Å². The quantitative estimate of drug-likeness (QED) is 0.780. The summed E-state index contributed by atoms with van der Waals surface area (Å²) in [5.74, 6) is -1.06. The number of fused-ring (bicyclic) bond motifs is 1. The van der Waals surface area contributed by atoms with Gasteiger partial charge in [-0.1, -0.05) is 0 Å². The van der Waals surface area contributed by atoms with Crippen LogP contribution in [0.1, 0.15) is 18.4 Å². The summed E-state index contributed by atoms with van der Waals surface area (Å²) < 4.78 is 17.4. The third-order valence-electron chi connectivity index (χ3n) is 5.51. The average Bonchev–Trinajstić information content (AvgIpc) is 3.25. The molecular formula is C19H21FN4O2. The van der Waals surface area contributed by atoms with Crippen molar-refractivity contribution in [2.75, 3.05) is 13.1 Å². The number of rotatable bonds is 4. The molecule has 7 heteroatoms. The molecule has 26 heavy (non-hydrogen) atoms. The van der Waals surface area contributed by atoms with Crippen molar-refractivity contribution in [2.24, 2.45) is 7.05 Å². The van der Waals surface area contributed by atoms with Gasteiger partial charge in [0, 0.05) is 56.2 Å². The second kappa shape index (κ2) is 6.25. The SMILES string of the molecule is Cn1cc(CN2CCC(C(=O)O)(n3ccnc3)CC2)c2cc(F)ccc21. The van der Waals surface area contributed by atoms with E-state index in [4.69, 9.17) is 0 Å². The van der Waals surface area contributed by atoms with Gasteiger partial charge in [-0.2, -0.15) is 0 Å². The molecular weight excluding hydrogens is 335 g/mol. The van der Waals surface area contributed by atoms with Crippen LogP contribution in [0.5, 0.6) is 0 Å². The number of carbonyl (C=O) groups is 1. The van der Waals surface area contributed by atoms with Crippen LogP contribution in [0.3, 0.4) is 0 Å². The summed E-state index contributed by atoms with van der Waals surface area (Å²) in [5.41, 5.74) is 1.13. The van der Waals surface area contributed by atoms with Gasteiger partial charge in [-0.15, -0.1) is 0 Å². The minimum absolute atomic E-state index is 0.242. The first kappa shape index (κ1) is 16.8. The van der Waals surface area contributed by atoms with Gasteiger partial charge in [-0.25, -0.2) is 14.2 Å². The molecule has 1 N–H and O–H groups in total. The predicted octanol–water partition coefficient (Wildman–Crippen LogP) is 2.59. The summed E-state index contributed by atoms with van der Waals surface area (Å²) in [6.45, 7) is 2.01. The Morgan fingerprint density at radius 3 is 2.77 bits per heavy atom. The van der Waals surface area contributed by atoms with E-state index in [1.54, 1.807) is 35.4 Å². The smallest absolute Gasteiger partial charge is 0.330 e. The largest absolute Gasteiger partial charge is 0.479 e. The van der Waals surface area contributed by atoms with Crippen molar-refractivity contribution >= 4 is 16.9 Å². The Kier molecular flexibility index (Phi) is 4.03. The molecule has 1 aliphatic rings. The van der Waals surface area contributed by atoms with Crippen molar-refractivity contribution in [3.05, 3.63) is 54.5 Å². The lowest BCUT2D eigenvalue weighted by Gasteiger charge is -2.39. The summed E-state index contributed by atoms with van der Waals surface area (Å²) in [6.07, 6.45) is 7.96. The van der Waals surface area contributed by atoms with Crippen molar-refractivity contribution in [1.29, 1.82) is 0 Å². The molecule has 0 bridgehead atoms. The van der Waals surface area contributed by atoms with Crippen molar-refractivity contribution in [2.45, 2.75) is 24.9 Å². The lowest BCUT2D eigenvalue weighted by atomic mass is 9.87. The summed E-state index contributed by atoms with van der Waals surface area (Å²) in [6, 6.07) is 4.83. The van der Waals surface area contributed by atoms with Crippen molar-refractivity contribution in [3.8, 4) is 0 Å². The van der Waals surface area contributed by atoms with Crippen molar-refractivity contribution < 1.29 is 14.3 Å². The topological polar surface area (TPSA) is 63.3 Å². The molecule has 0 amide bonds. The molecule has 0 radical (unpaired) electrons. The zero-order chi connectivity index (χ0) is 18.3. The van der Waals surface area contributed by atoms with E-state index in [2.05, 4.69) is 9.88 Å². The van der Waals surface area contributed by atoms with E-state index in [-0.39, 0.29) is 5.82 Å². The number of hydrogen-bond acceptors (Lipinski definition) is 3. The maximum absolute atomic E-state index is 13.7. The fourth-order valence-electron chi connectivity index (χ4n) is 3.99. The van der Waals surface area contributed by atoms with Crippen LogP contribution in [0.15, 0.2) is 43.1 Å². The normalized spacial score (nSPS) is 17.6. The van der Waals surface area contributed by atoms with Crippen LogP contribution in [-0.2, 0) is 23.9 Å². The van der Waals surface area contributed by atoms with E-state index in [0.717, 1.165) is 16.5 Å². The van der Waals surface area contributed by atoms with Gasteiger partial charge in [0.2, 0.25) is 0 Å². The third-order valence-corrected chi connectivity index (χ3v) is 5.51. The van der Waals surface area contributed by atoms with Gasteiger partial charge in [-0.3, -0.25) is 4.90 Å². The number of imidazole rings is 1. The molecule has 1 aromatic carbocycles. The standard InChI is InChI=1S/C19H21FN4O2/c1-22-11-14(16-10-15(20)2-3-17(16)22)12-23-7-4-19(5-8-23,18(25)26)24-9-6-21-13-24/h2-3,6,9-11,13H,4-5,7-8,12H2,1H3,(H,25,26). The Labute approximate surface area is 150 Å². The maximum atomic E-state index is 13.7. The van der Waals surface area contributed by atoms with E-state index in [1.165, 1.54) is 6.07 Å². The van der Waals surface area contributed by atoms with Crippen LogP contribution in [0.25, 0.3) is 10.9 Å². The minimum Gasteiger partial charge on any atom is -0.479 e. The van der Waals surface area contributed by atoms with E-state index in [9.17, 15) is 14.3 Å². The number of carboxylic acids is 1. The van der Waals surface area contributed by atoms with Gasteiger partial charge in [-0.05, 0) is 36.6 Å². The molecule has 6 nitrogen and oxygen atoms in total. The molecule has 2 aromatic heterocycles. The van der Waals surface area contributed by atoms with E-state index in [0.29, 0.717) is 32.5 Å². The maximum Gasteiger partial charge on any atom is 0.330 e. The summed E-state index contributed by atoms with van der Waals surface area (Å²) in [7, 11) is 1.95. The summed E-state index contributed by atoms with van der Waals surface area (Å²) in [5, 5.41) is 10.7. The minimum atomic E-state index is -0.933.